The largest absolute Gasteiger partial charge is 0.497 e. The fraction of sp³-hybridized carbons (Fsp3) is 0.158. The molecule has 0 aliphatic carbocycles. The lowest BCUT2D eigenvalue weighted by Gasteiger charge is -2.11. The van der Waals surface area contributed by atoms with Gasteiger partial charge in [0.05, 0.1) is 26.9 Å². The normalized spacial score (nSPS) is 10.5. The molecule has 136 valence electrons. The standard InChI is InChI=1S/C19H17BrO6/c1-23-13-6-7-15(20)14(11-13)19(22)26-16-8-4-12(10-17(16)24-2)5-9-18(21)25-3/h4-11H,1-3H3/b9-5+. The van der Waals surface area contributed by atoms with Crippen molar-refractivity contribution in [2.24, 2.45) is 0 Å². The molecular formula is C19H17BrO6. The Kier molecular flexibility index (Phi) is 6.80. The van der Waals surface area contributed by atoms with E-state index < -0.39 is 11.9 Å². The second kappa shape index (κ2) is 9.05. The molecule has 0 saturated carbocycles. The first kappa shape index (κ1) is 19.5. The molecule has 0 N–H and O–H groups in total. The van der Waals surface area contributed by atoms with Gasteiger partial charge in [0.15, 0.2) is 11.5 Å². The number of carbonyl (C=O) groups is 2. The predicted molar refractivity (Wildman–Crippen MR) is 99.7 cm³/mol. The Balaban J connectivity index is 2.25. The maximum absolute atomic E-state index is 12.5. The molecule has 0 aliphatic rings. The lowest BCUT2D eigenvalue weighted by molar-refractivity contribution is -0.134. The van der Waals surface area contributed by atoms with Crippen LogP contribution in [-0.4, -0.2) is 33.3 Å². The highest BCUT2D eigenvalue weighted by Gasteiger charge is 2.16. The quantitative estimate of drug-likeness (QED) is 0.401. The number of benzene rings is 2. The minimum absolute atomic E-state index is 0.252. The summed E-state index contributed by atoms with van der Waals surface area (Å²) in [7, 11) is 4.27. The molecule has 26 heavy (non-hydrogen) atoms. The molecule has 7 heteroatoms. The van der Waals surface area contributed by atoms with Crippen molar-refractivity contribution in [1.29, 1.82) is 0 Å². The molecule has 2 rings (SSSR count). The van der Waals surface area contributed by atoms with Gasteiger partial charge in [0.1, 0.15) is 5.75 Å². The molecule has 0 saturated heterocycles. The number of carbonyl (C=O) groups excluding carboxylic acids is 2. The van der Waals surface area contributed by atoms with Gasteiger partial charge in [0, 0.05) is 10.5 Å². The minimum Gasteiger partial charge on any atom is -0.497 e. The van der Waals surface area contributed by atoms with Gasteiger partial charge in [-0.3, -0.25) is 0 Å². The van der Waals surface area contributed by atoms with E-state index in [-0.39, 0.29) is 5.75 Å². The Morgan fingerprint density at radius 1 is 0.962 bits per heavy atom. The average molecular weight is 421 g/mol. The zero-order valence-electron chi connectivity index (χ0n) is 14.4. The molecule has 0 spiro atoms. The Hall–Kier alpha value is -2.80. The van der Waals surface area contributed by atoms with Crippen LogP contribution >= 0.6 is 15.9 Å². The van der Waals surface area contributed by atoms with Gasteiger partial charge in [0.2, 0.25) is 0 Å². The summed E-state index contributed by atoms with van der Waals surface area (Å²) in [5, 5.41) is 0. The molecule has 0 unspecified atom stereocenters. The van der Waals surface area contributed by atoms with Crippen LogP contribution in [0.2, 0.25) is 0 Å². The molecular weight excluding hydrogens is 404 g/mol. The summed E-state index contributed by atoms with van der Waals surface area (Å²) in [5.41, 5.74) is 1.01. The summed E-state index contributed by atoms with van der Waals surface area (Å²) < 4.78 is 21.0. The maximum Gasteiger partial charge on any atom is 0.344 e. The number of hydrogen-bond donors (Lipinski definition) is 0. The predicted octanol–water partition coefficient (Wildman–Crippen LogP) is 3.87. The number of methoxy groups -OCH3 is 3. The third kappa shape index (κ3) is 4.86. The van der Waals surface area contributed by atoms with Crippen LogP contribution in [0.3, 0.4) is 0 Å². The Morgan fingerprint density at radius 3 is 2.38 bits per heavy atom. The zero-order valence-corrected chi connectivity index (χ0v) is 16.0. The van der Waals surface area contributed by atoms with E-state index in [1.807, 2.05) is 0 Å². The van der Waals surface area contributed by atoms with Gasteiger partial charge in [-0.2, -0.15) is 0 Å². The SMILES string of the molecule is COC(=O)/C=C/c1ccc(OC(=O)c2cc(OC)ccc2Br)c(OC)c1. The number of ether oxygens (including phenoxy) is 4. The minimum atomic E-state index is -0.563. The first-order valence-electron chi connectivity index (χ1n) is 7.48. The highest BCUT2D eigenvalue weighted by molar-refractivity contribution is 9.10. The number of hydrogen-bond acceptors (Lipinski definition) is 6. The average Bonchev–Trinajstić information content (AvgIpc) is 2.67. The third-order valence-electron chi connectivity index (χ3n) is 3.40. The summed E-state index contributed by atoms with van der Waals surface area (Å²) in [6.07, 6.45) is 2.85. The van der Waals surface area contributed by atoms with Crippen LogP contribution in [0.4, 0.5) is 0 Å². The lowest BCUT2D eigenvalue weighted by atomic mass is 10.2. The second-order valence-corrected chi connectivity index (χ2v) is 5.86. The third-order valence-corrected chi connectivity index (χ3v) is 4.09. The topological polar surface area (TPSA) is 71.1 Å². The first-order chi connectivity index (χ1) is 12.5. The molecule has 0 bridgehead atoms. The zero-order chi connectivity index (χ0) is 19.1. The molecule has 0 heterocycles. The van der Waals surface area contributed by atoms with Crippen LogP contribution in [0, 0.1) is 0 Å². The van der Waals surface area contributed by atoms with E-state index in [1.54, 1.807) is 42.5 Å². The van der Waals surface area contributed by atoms with Gasteiger partial charge in [-0.15, -0.1) is 0 Å². The van der Waals surface area contributed by atoms with Crippen LogP contribution in [0.15, 0.2) is 46.9 Å². The van der Waals surface area contributed by atoms with Crippen molar-refractivity contribution in [2.45, 2.75) is 0 Å². The van der Waals surface area contributed by atoms with Crippen molar-refractivity contribution in [3.05, 3.63) is 58.1 Å². The first-order valence-corrected chi connectivity index (χ1v) is 8.27. The van der Waals surface area contributed by atoms with Gasteiger partial charge < -0.3 is 18.9 Å². The Morgan fingerprint density at radius 2 is 1.73 bits per heavy atom. The van der Waals surface area contributed by atoms with Gasteiger partial charge in [-0.25, -0.2) is 9.59 Å². The molecule has 0 amide bonds. The Bertz CT molecular complexity index is 844. The molecule has 2 aromatic rings. The smallest absolute Gasteiger partial charge is 0.344 e. The summed E-state index contributed by atoms with van der Waals surface area (Å²) in [6, 6.07) is 9.92. The summed E-state index contributed by atoms with van der Waals surface area (Å²) in [5.74, 6) is 0.108. The fourth-order valence-corrected chi connectivity index (χ4v) is 2.46. The molecule has 2 aromatic carbocycles. The number of esters is 2. The van der Waals surface area contributed by atoms with Gasteiger partial charge in [0.25, 0.3) is 0 Å². The molecule has 6 nitrogen and oxygen atoms in total. The van der Waals surface area contributed by atoms with E-state index in [2.05, 4.69) is 20.7 Å². The highest BCUT2D eigenvalue weighted by Crippen LogP contribution is 2.31. The molecule has 0 fully saturated rings. The van der Waals surface area contributed by atoms with Gasteiger partial charge in [-0.05, 0) is 57.9 Å². The number of rotatable bonds is 6. The summed E-state index contributed by atoms with van der Waals surface area (Å²) in [6.45, 7) is 0. The van der Waals surface area contributed by atoms with Crippen molar-refractivity contribution in [1.82, 2.24) is 0 Å². The maximum atomic E-state index is 12.5. The van der Waals surface area contributed by atoms with Crippen molar-refractivity contribution in [3.63, 3.8) is 0 Å². The van der Waals surface area contributed by atoms with Crippen LogP contribution < -0.4 is 14.2 Å². The van der Waals surface area contributed by atoms with Crippen molar-refractivity contribution in [3.8, 4) is 17.2 Å². The van der Waals surface area contributed by atoms with Crippen molar-refractivity contribution in [2.75, 3.05) is 21.3 Å². The van der Waals surface area contributed by atoms with E-state index in [4.69, 9.17) is 14.2 Å². The molecule has 0 radical (unpaired) electrons. The monoisotopic (exact) mass is 420 g/mol. The Labute approximate surface area is 159 Å². The molecule has 0 aliphatic heterocycles. The van der Waals surface area contributed by atoms with Crippen molar-refractivity contribution < 1.29 is 28.5 Å². The van der Waals surface area contributed by atoms with E-state index in [9.17, 15) is 9.59 Å². The van der Waals surface area contributed by atoms with Crippen molar-refractivity contribution >= 4 is 33.9 Å². The summed E-state index contributed by atoms with van der Waals surface area (Å²) in [4.78, 5) is 23.6. The van der Waals surface area contributed by atoms with Crippen LogP contribution in [0.1, 0.15) is 15.9 Å². The van der Waals surface area contributed by atoms with Crippen LogP contribution in [-0.2, 0) is 9.53 Å². The molecule has 0 aromatic heterocycles. The second-order valence-electron chi connectivity index (χ2n) is 5.00. The summed E-state index contributed by atoms with van der Waals surface area (Å²) >= 11 is 3.32. The fourth-order valence-electron chi connectivity index (χ4n) is 2.05. The van der Waals surface area contributed by atoms with Gasteiger partial charge >= 0.3 is 11.9 Å². The van der Waals surface area contributed by atoms with E-state index in [0.717, 1.165) is 0 Å². The van der Waals surface area contributed by atoms with Crippen LogP contribution in [0.25, 0.3) is 6.08 Å². The van der Waals surface area contributed by atoms with E-state index in [1.165, 1.54) is 27.4 Å². The molecule has 0 atom stereocenters. The van der Waals surface area contributed by atoms with Gasteiger partial charge in [-0.1, -0.05) is 6.07 Å². The van der Waals surface area contributed by atoms with E-state index >= 15 is 0 Å². The van der Waals surface area contributed by atoms with Crippen LogP contribution in [0.5, 0.6) is 17.2 Å². The lowest BCUT2D eigenvalue weighted by Crippen LogP contribution is -2.10. The number of halogens is 1. The highest BCUT2D eigenvalue weighted by atomic mass is 79.9. The van der Waals surface area contributed by atoms with E-state index in [0.29, 0.717) is 27.1 Å².